The van der Waals surface area contributed by atoms with Gasteiger partial charge in [-0.25, -0.2) is 9.59 Å². The van der Waals surface area contributed by atoms with Gasteiger partial charge in [0.25, 0.3) is 0 Å². The van der Waals surface area contributed by atoms with Crippen molar-refractivity contribution in [2.75, 3.05) is 26.2 Å². The highest BCUT2D eigenvalue weighted by Gasteiger charge is 2.33. The molecule has 2 atom stereocenters. The molecule has 2 unspecified atom stereocenters. The van der Waals surface area contributed by atoms with Gasteiger partial charge in [-0.3, -0.25) is 4.79 Å². The Morgan fingerprint density at radius 1 is 1.30 bits per heavy atom. The van der Waals surface area contributed by atoms with Crippen LogP contribution in [0.25, 0.3) is 0 Å². The average molecular weight is 329 g/mol. The van der Waals surface area contributed by atoms with Gasteiger partial charge in [-0.15, -0.1) is 0 Å². The van der Waals surface area contributed by atoms with Crippen LogP contribution in [0.3, 0.4) is 0 Å². The zero-order valence-electron chi connectivity index (χ0n) is 14.0. The van der Waals surface area contributed by atoms with Crippen LogP contribution in [0.15, 0.2) is 0 Å². The third-order valence-electron chi connectivity index (χ3n) is 3.81. The Balaban J connectivity index is 2.49. The molecule has 0 radical (unpaired) electrons. The van der Waals surface area contributed by atoms with E-state index in [0.29, 0.717) is 38.4 Å². The third-order valence-corrected chi connectivity index (χ3v) is 3.81. The lowest BCUT2D eigenvalue weighted by Gasteiger charge is -2.32. The van der Waals surface area contributed by atoms with Crippen LogP contribution in [0, 0.1) is 11.8 Å². The van der Waals surface area contributed by atoms with Crippen LogP contribution in [0.1, 0.15) is 33.6 Å². The smallest absolute Gasteiger partial charge is 0.337 e. The zero-order valence-corrected chi connectivity index (χ0v) is 14.0. The molecule has 4 N–H and O–H groups in total. The largest absolute Gasteiger partial charge is 0.479 e. The molecule has 0 aliphatic carbocycles. The van der Waals surface area contributed by atoms with Crippen molar-refractivity contribution in [2.45, 2.75) is 39.2 Å². The Hall–Kier alpha value is -1.83. The lowest BCUT2D eigenvalue weighted by atomic mass is 9.97. The molecule has 1 fully saturated rings. The topological polar surface area (TPSA) is 119 Å². The number of amides is 3. The molecule has 1 heterocycles. The van der Waals surface area contributed by atoms with Gasteiger partial charge in [0.05, 0.1) is 12.5 Å². The minimum absolute atomic E-state index is 0.186. The van der Waals surface area contributed by atoms with Gasteiger partial charge in [0.2, 0.25) is 5.91 Å². The summed E-state index contributed by atoms with van der Waals surface area (Å²) in [6, 6.07) is -0.186. The van der Waals surface area contributed by atoms with Gasteiger partial charge in [0.15, 0.2) is 5.60 Å². The minimum atomic E-state index is -2.00. The predicted molar refractivity (Wildman–Crippen MR) is 83.8 cm³/mol. The number of nitrogens with one attached hydrogen (secondary N) is 2. The molecule has 1 aliphatic heterocycles. The molecule has 0 aromatic carbocycles. The van der Waals surface area contributed by atoms with Gasteiger partial charge < -0.3 is 25.7 Å². The summed E-state index contributed by atoms with van der Waals surface area (Å²) in [6.45, 7) is 6.24. The first-order chi connectivity index (χ1) is 10.6. The number of rotatable bonds is 6. The van der Waals surface area contributed by atoms with E-state index in [4.69, 9.17) is 5.11 Å². The second kappa shape index (κ2) is 8.14. The maximum absolute atomic E-state index is 12.1. The van der Waals surface area contributed by atoms with Crippen LogP contribution < -0.4 is 10.6 Å². The lowest BCUT2D eigenvalue weighted by Crippen LogP contribution is -2.52. The Kier molecular flexibility index (Phi) is 6.80. The molecular weight excluding hydrogens is 302 g/mol. The summed E-state index contributed by atoms with van der Waals surface area (Å²) in [7, 11) is 0. The van der Waals surface area contributed by atoms with Crippen molar-refractivity contribution >= 4 is 17.9 Å². The number of aliphatic hydroxyl groups is 1. The van der Waals surface area contributed by atoms with E-state index in [9.17, 15) is 19.5 Å². The standard InChI is InChI=1S/C15H27N3O5/c1-10(2)7-16-14(22)18-6-4-5-11(8-18)12(19)17-9-15(3,23)13(20)21/h10-11,23H,4-9H2,1-3H3,(H,16,22)(H,17,19)(H,20,21). The predicted octanol–water partition coefficient (Wildman–Crippen LogP) is 0.0158. The second-order valence-corrected chi connectivity index (χ2v) is 6.66. The molecule has 8 nitrogen and oxygen atoms in total. The molecule has 0 bridgehead atoms. The van der Waals surface area contributed by atoms with Gasteiger partial charge in [-0.1, -0.05) is 13.8 Å². The van der Waals surface area contributed by atoms with Crippen LogP contribution in [0.4, 0.5) is 4.79 Å². The Morgan fingerprint density at radius 2 is 1.96 bits per heavy atom. The fraction of sp³-hybridized carbons (Fsp3) is 0.800. The number of piperidine rings is 1. The fourth-order valence-electron chi connectivity index (χ4n) is 2.26. The van der Waals surface area contributed by atoms with Crippen molar-refractivity contribution < 1.29 is 24.6 Å². The number of carbonyl (C=O) groups is 3. The van der Waals surface area contributed by atoms with Gasteiger partial charge in [0.1, 0.15) is 0 Å². The third kappa shape index (κ3) is 6.05. The Labute approximate surface area is 136 Å². The number of likely N-dealkylation sites (tertiary alicyclic amines) is 1. The Morgan fingerprint density at radius 3 is 2.52 bits per heavy atom. The van der Waals surface area contributed by atoms with Gasteiger partial charge in [-0.05, 0) is 25.7 Å². The first-order valence-corrected chi connectivity index (χ1v) is 7.89. The second-order valence-electron chi connectivity index (χ2n) is 6.66. The van der Waals surface area contributed by atoms with Crippen molar-refractivity contribution in [3.05, 3.63) is 0 Å². The van der Waals surface area contributed by atoms with Gasteiger partial charge in [0, 0.05) is 19.6 Å². The fourth-order valence-corrected chi connectivity index (χ4v) is 2.26. The summed E-state index contributed by atoms with van der Waals surface area (Å²) in [5.41, 5.74) is -2.00. The average Bonchev–Trinajstić information content (AvgIpc) is 2.50. The molecule has 1 aliphatic rings. The highest BCUT2D eigenvalue weighted by Crippen LogP contribution is 2.17. The van der Waals surface area contributed by atoms with Crippen LogP contribution in [-0.2, 0) is 9.59 Å². The number of carbonyl (C=O) groups excluding carboxylic acids is 2. The molecule has 23 heavy (non-hydrogen) atoms. The van der Waals surface area contributed by atoms with E-state index in [1.165, 1.54) is 0 Å². The molecular formula is C15H27N3O5. The normalized spacial score (nSPS) is 20.7. The number of hydrogen-bond acceptors (Lipinski definition) is 4. The molecule has 1 rings (SSSR count). The first-order valence-electron chi connectivity index (χ1n) is 7.89. The van der Waals surface area contributed by atoms with E-state index < -0.39 is 17.5 Å². The van der Waals surface area contributed by atoms with Gasteiger partial charge in [-0.2, -0.15) is 0 Å². The molecule has 0 aromatic rings. The zero-order chi connectivity index (χ0) is 17.6. The number of nitrogens with zero attached hydrogens (tertiary/aromatic N) is 1. The summed E-state index contributed by atoms with van der Waals surface area (Å²) in [4.78, 5) is 36.6. The number of hydrogen-bond donors (Lipinski definition) is 4. The number of aliphatic carboxylic acids is 1. The van der Waals surface area contributed by atoms with E-state index in [1.54, 1.807) is 4.90 Å². The summed E-state index contributed by atoms with van der Waals surface area (Å²) in [5.74, 6) is -1.77. The maximum Gasteiger partial charge on any atom is 0.337 e. The van der Waals surface area contributed by atoms with E-state index in [0.717, 1.165) is 6.92 Å². The van der Waals surface area contributed by atoms with Crippen LogP contribution in [0.2, 0.25) is 0 Å². The molecule has 0 saturated carbocycles. The quantitative estimate of drug-likeness (QED) is 0.547. The van der Waals surface area contributed by atoms with Crippen LogP contribution in [0.5, 0.6) is 0 Å². The SMILES string of the molecule is CC(C)CNC(=O)N1CCCC(C(=O)NCC(C)(O)C(=O)O)C1. The number of carboxylic acids is 1. The van der Waals surface area contributed by atoms with Crippen molar-refractivity contribution in [2.24, 2.45) is 11.8 Å². The highest BCUT2D eigenvalue weighted by molar-refractivity contribution is 5.82. The first kappa shape index (κ1) is 19.2. The minimum Gasteiger partial charge on any atom is -0.479 e. The van der Waals surface area contributed by atoms with Crippen molar-refractivity contribution in [3.8, 4) is 0 Å². The van der Waals surface area contributed by atoms with E-state index in [1.807, 2.05) is 13.8 Å². The van der Waals surface area contributed by atoms with Crippen LogP contribution >= 0.6 is 0 Å². The summed E-state index contributed by atoms with van der Waals surface area (Å²) < 4.78 is 0. The molecule has 132 valence electrons. The highest BCUT2D eigenvalue weighted by atomic mass is 16.4. The summed E-state index contributed by atoms with van der Waals surface area (Å²) in [6.07, 6.45) is 1.34. The summed E-state index contributed by atoms with van der Waals surface area (Å²) >= 11 is 0. The summed E-state index contributed by atoms with van der Waals surface area (Å²) in [5, 5.41) is 23.7. The van der Waals surface area contributed by atoms with Crippen molar-refractivity contribution in [1.82, 2.24) is 15.5 Å². The lowest BCUT2D eigenvalue weighted by molar-refractivity contribution is -0.156. The van der Waals surface area contributed by atoms with E-state index >= 15 is 0 Å². The molecule has 8 heteroatoms. The number of carboxylic acid groups (broad SMARTS) is 1. The van der Waals surface area contributed by atoms with Crippen molar-refractivity contribution in [3.63, 3.8) is 0 Å². The molecule has 3 amide bonds. The monoisotopic (exact) mass is 329 g/mol. The Bertz CT molecular complexity index is 450. The van der Waals surface area contributed by atoms with Crippen LogP contribution in [-0.4, -0.2) is 64.8 Å². The molecule has 0 spiro atoms. The number of urea groups is 1. The maximum atomic E-state index is 12.1. The van der Waals surface area contributed by atoms with E-state index in [-0.39, 0.29) is 18.5 Å². The molecule has 1 saturated heterocycles. The van der Waals surface area contributed by atoms with E-state index in [2.05, 4.69) is 10.6 Å². The van der Waals surface area contributed by atoms with Crippen molar-refractivity contribution in [1.29, 1.82) is 0 Å². The van der Waals surface area contributed by atoms with Gasteiger partial charge >= 0.3 is 12.0 Å². The molecule has 0 aromatic heterocycles.